The normalized spacial score (nSPS) is 11.2. The molecule has 0 aromatic heterocycles. The van der Waals surface area contributed by atoms with Crippen molar-refractivity contribution in [2.24, 2.45) is 5.73 Å². The van der Waals surface area contributed by atoms with Gasteiger partial charge in [-0.25, -0.2) is 13.1 Å². The van der Waals surface area contributed by atoms with Crippen LogP contribution in [0.4, 0.5) is 5.69 Å². The number of rotatable bonds is 10. The number of sulfonamides is 1. The van der Waals surface area contributed by atoms with E-state index in [4.69, 9.17) is 10.5 Å². The Labute approximate surface area is 180 Å². The van der Waals surface area contributed by atoms with Gasteiger partial charge in [-0.1, -0.05) is 30.3 Å². The minimum Gasteiger partial charge on any atom is -0.493 e. The van der Waals surface area contributed by atoms with Crippen molar-refractivity contribution in [3.63, 3.8) is 0 Å². The average molecular weight is 442 g/mol. The molecule has 0 aliphatic heterocycles. The summed E-state index contributed by atoms with van der Waals surface area (Å²) in [5.41, 5.74) is 5.59. The third-order valence-corrected chi connectivity index (χ3v) is 5.89. The van der Waals surface area contributed by atoms with E-state index in [-0.39, 0.29) is 36.8 Å². The largest absolute Gasteiger partial charge is 0.493 e. The van der Waals surface area contributed by atoms with Crippen molar-refractivity contribution < 1.29 is 22.7 Å². The number of hydrogen-bond acceptors (Lipinski definition) is 5. The number of carbonyl (C=O) groups is 2. The molecular weight excluding hydrogens is 418 g/mol. The highest BCUT2D eigenvalue weighted by Gasteiger charge is 2.15. The highest BCUT2D eigenvalue weighted by Crippen LogP contribution is 2.19. The molecule has 0 radical (unpaired) electrons. The number of hydrogen-bond donors (Lipinski definition) is 3. The molecule has 0 saturated heterocycles. The van der Waals surface area contributed by atoms with Gasteiger partial charge in [0.15, 0.2) is 0 Å². The molecular formula is C22H23N3O5S. The summed E-state index contributed by atoms with van der Waals surface area (Å²) in [7, 11) is -3.72. The molecule has 0 aliphatic carbocycles. The Balaban J connectivity index is 1.48. The second-order valence-electron chi connectivity index (χ2n) is 6.79. The lowest BCUT2D eigenvalue weighted by Gasteiger charge is -2.09. The summed E-state index contributed by atoms with van der Waals surface area (Å²) in [5.74, 6) is -0.230. The Hall–Kier alpha value is -3.43. The predicted octanol–water partition coefficient (Wildman–Crippen LogP) is 2.40. The van der Waals surface area contributed by atoms with Gasteiger partial charge >= 0.3 is 0 Å². The fourth-order valence-corrected chi connectivity index (χ4v) is 3.91. The molecule has 0 saturated carbocycles. The van der Waals surface area contributed by atoms with Crippen LogP contribution in [0.5, 0.6) is 5.75 Å². The molecule has 0 fully saturated rings. The second kappa shape index (κ2) is 10.1. The van der Waals surface area contributed by atoms with Crippen LogP contribution in [-0.4, -0.2) is 33.4 Å². The Morgan fingerprint density at radius 1 is 0.903 bits per heavy atom. The molecule has 2 amide bonds. The van der Waals surface area contributed by atoms with Crippen LogP contribution in [-0.2, 0) is 19.6 Å². The zero-order valence-electron chi connectivity index (χ0n) is 16.7. The van der Waals surface area contributed by atoms with E-state index in [1.807, 2.05) is 24.3 Å². The number of anilines is 1. The van der Waals surface area contributed by atoms with Gasteiger partial charge in [0.25, 0.3) is 0 Å². The van der Waals surface area contributed by atoms with Gasteiger partial charge in [0, 0.05) is 18.7 Å². The van der Waals surface area contributed by atoms with Crippen LogP contribution in [0.3, 0.4) is 0 Å². The number of carbonyl (C=O) groups excluding carboxylic acids is 2. The lowest BCUT2D eigenvalue weighted by Crippen LogP contribution is -2.27. The number of nitrogens with two attached hydrogens (primary N) is 1. The van der Waals surface area contributed by atoms with Crippen molar-refractivity contribution in [2.45, 2.75) is 17.7 Å². The molecule has 3 aromatic rings. The first-order chi connectivity index (χ1) is 14.8. The third-order valence-electron chi connectivity index (χ3n) is 4.43. The topological polar surface area (TPSA) is 128 Å². The lowest BCUT2D eigenvalue weighted by molar-refractivity contribution is -0.118. The molecule has 0 aliphatic rings. The van der Waals surface area contributed by atoms with E-state index in [1.165, 1.54) is 6.07 Å². The smallest absolute Gasteiger partial charge is 0.240 e. The first-order valence-corrected chi connectivity index (χ1v) is 11.1. The van der Waals surface area contributed by atoms with Crippen LogP contribution >= 0.6 is 0 Å². The molecule has 3 aromatic carbocycles. The van der Waals surface area contributed by atoms with Crippen LogP contribution in [0.1, 0.15) is 12.8 Å². The summed E-state index contributed by atoms with van der Waals surface area (Å²) in [4.78, 5) is 23.0. The average Bonchev–Trinajstić information content (AvgIpc) is 2.74. The minimum absolute atomic E-state index is 0.0241. The van der Waals surface area contributed by atoms with E-state index in [1.54, 1.807) is 36.4 Å². The maximum Gasteiger partial charge on any atom is 0.240 e. The second-order valence-corrected chi connectivity index (χ2v) is 8.56. The van der Waals surface area contributed by atoms with Crippen molar-refractivity contribution in [1.29, 1.82) is 0 Å². The van der Waals surface area contributed by atoms with E-state index in [0.717, 1.165) is 10.8 Å². The number of fused-ring (bicyclic) bond motifs is 1. The Morgan fingerprint density at radius 3 is 2.32 bits per heavy atom. The summed E-state index contributed by atoms with van der Waals surface area (Å²) < 4.78 is 32.8. The van der Waals surface area contributed by atoms with E-state index in [0.29, 0.717) is 11.4 Å². The standard InChI is InChI=1S/C22H23N3O5S/c23-21(26)12-14-30-19-8-6-18(7-9-19)25-22(27)11-13-24-31(28,29)20-10-5-16-3-1-2-4-17(16)15-20/h1-10,15,24H,11-14H2,(H2,23,26)(H,25,27). The minimum atomic E-state index is -3.72. The SMILES string of the molecule is NC(=O)CCOc1ccc(NC(=O)CCNS(=O)(=O)c2ccc3ccccc3c2)cc1. The summed E-state index contributed by atoms with van der Waals surface area (Å²) in [6, 6.07) is 19.0. The van der Waals surface area contributed by atoms with E-state index < -0.39 is 15.9 Å². The zero-order chi connectivity index (χ0) is 22.3. The molecule has 31 heavy (non-hydrogen) atoms. The van der Waals surface area contributed by atoms with Crippen molar-refractivity contribution in [3.05, 3.63) is 66.7 Å². The van der Waals surface area contributed by atoms with E-state index in [9.17, 15) is 18.0 Å². The molecule has 9 heteroatoms. The number of ether oxygens (including phenoxy) is 1. The molecule has 0 heterocycles. The van der Waals surface area contributed by atoms with Gasteiger partial charge in [0.1, 0.15) is 5.75 Å². The number of primary amides is 1. The molecule has 0 bridgehead atoms. The molecule has 3 rings (SSSR count). The number of nitrogens with one attached hydrogen (secondary N) is 2. The maximum absolute atomic E-state index is 12.5. The zero-order valence-corrected chi connectivity index (χ0v) is 17.5. The summed E-state index contributed by atoms with van der Waals surface area (Å²) >= 11 is 0. The van der Waals surface area contributed by atoms with Gasteiger partial charge in [-0.15, -0.1) is 0 Å². The Bertz CT molecular complexity index is 1180. The van der Waals surface area contributed by atoms with Crippen molar-refractivity contribution in [3.8, 4) is 5.75 Å². The predicted molar refractivity (Wildman–Crippen MR) is 118 cm³/mol. The van der Waals surface area contributed by atoms with Crippen molar-refractivity contribution in [1.82, 2.24) is 4.72 Å². The van der Waals surface area contributed by atoms with Gasteiger partial charge in [-0.05, 0) is 47.2 Å². The summed E-state index contributed by atoms with van der Waals surface area (Å²) in [6.07, 6.45) is 0.0945. The van der Waals surface area contributed by atoms with Gasteiger partial charge in [-0.2, -0.15) is 0 Å². The highest BCUT2D eigenvalue weighted by molar-refractivity contribution is 7.89. The fraction of sp³-hybridized carbons (Fsp3) is 0.182. The molecule has 0 atom stereocenters. The monoisotopic (exact) mass is 441 g/mol. The van der Waals surface area contributed by atoms with Gasteiger partial charge in [-0.3, -0.25) is 9.59 Å². The van der Waals surface area contributed by atoms with Gasteiger partial charge in [0.2, 0.25) is 21.8 Å². The van der Waals surface area contributed by atoms with Crippen LogP contribution in [0.25, 0.3) is 10.8 Å². The Kier molecular flexibility index (Phi) is 7.22. The Morgan fingerprint density at radius 2 is 1.61 bits per heavy atom. The number of benzene rings is 3. The molecule has 8 nitrogen and oxygen atoms in total. The van der Waals surface area contributed by atoms with Crippen LogP contribution in [0, 0.1) is 0 Å². The van der Waals surface area contributed by atoms with Gasteiger partial charge in [0.05, 0.1) is 17.9 Å². The van der Waals surface area contributed by atoms with Crippen LogP contribution in [0.2, 0.25) is 0 Å². The van der Waals surface area contributed by atoms with E-state index >= 15 is 0 Å². The fourth-order valence-electron chi connectivity index (χ4n) is 2.84. The molecule has 0 spiro atoms. The number of amides is 2. The van der Waals surface area contributed by atoms with Gasteiger partial charge < -0.3 is 15.8 Å². The highest BCUT2D eigenvalue weighted by atomic mass is 32.2. The molecule has 4 N–H and O–H groups in total. The molecule has 0 unspecified atom stereocenters. The molecule has 162 valence electrons. The lowest BCUT2D eigenvalue weighted by atomic mass is 10.1. The van der Waals surface area contributed by atoms with Crippen molar-refractivity contribution >= 4 is 38.3 Å². The first kappa shape index (κ1) is 22.3. The summed E-state index contributed by atoms with van der Waals surface area (Å²) in [6.45, 7) is 0.147. The quantitative estimate of drug-likeness (QED) is 0.445. The third kappa shape index (κ3) is 6.53. The first-order valence-electron chi connectivity index (χ1n) is 9.63. The van der Waals surface area contributed by atoms with Crippen LogP contribution < -0.4 is 20.5 Å². The summed E-state index contributed by atoms with van der Waals surface area (Å²) in [5, 5.41) is 4.46. The van der Waals surface area contributed by atoms with E-state index in [2.05, 4.69) is 10.0 Å². The maximum atomic E-state index is 12.5. The van der Waals surface area contributed by atoms with Crippen molar-refractivity contribution in [2.75, 3.05) is 18.5 Å². The van der Waals surface area contributed by atoms with Crippen LogP contribution in [0.15, 0.2) is 71.6 Å².